The van der Waals surface area contributed by atoms with E-state index in [4.69, 9.17) is 0 Å². The number of rotatable bonds is 3. The predicted molar refractivity (Wildman–Crippen MR) is 114 cm³/mol. The van der Waals surface area contributed by atoms with E-state index in [-0.39, 0.29) is 4.90 Å². The summed E-state index contributed by atoms with van der Waals surface area (Å²) in [5, 5.41) is 0. The van der Waals surface area contributed by atoms with E-state index >= 15 is 0 Å². The summed E-state index contributed by atoms with van der Waals surface area (Å²) in [4.78, 5) is 0.269. The van der Waals surface area contributed by atoms with Crippen molar-refractivity contribution >= 4 is 32.6 Å². The minimum absolute atomic E-state index is 0.269. The molecule has 0 N–H and O–H groups in total. The molecule has 0 atom stereocenters. The molecular formula is C21H18INO2S. The molecule has 0 unspecified atom stereocenters. The zero-order chi connectivity index (χ0) is 18.9. The van der Waals surface area contributed by atoms with E-state index in [0.29, 0.717) is 11.4 Å². The lowest BCUT2D eigenvalue weighted by Gasteiger charge is -2.13. The molecule has 132 valence electrons. The second kappa shape index (κ2) is 7.29. The molecule has 3 aromatic rings. The third-order valence-corrected chi connectivity index (χ3v) is 7.01. The maximum absolute atomic E-state index is 13.4. The van der Waals surface area contributed by atoms with Gasteiger partial charge < -0.3 is 0 Å². The van der Waals surface area contributed by atoms with Gasteiger partial charge in [-0.15, -0.1) is 5.92 Å². The quantitative estimate of drug-likeness (QED) is 0.396. The summed E-state index contributed by atoms with van der Waals surface area (Å²) in [5.74, 6) is 5.96. The molecule has 1 aromatic heterocycles. The standard InChI is InChI=1S/C21H18INO2S/c1-4-8-19-16(3)23(21(20(19)22)17-9-6-5-7-10-17)26(24,25)18-13-11-15(2)12-14-18/h5-7,9-14H,1-3H3. The Morgan fingerprint density at radius 2 is 1.58 bits per heavy atom. The third-order valence-electron chi connectivity index (χ3n) is 4.15. The predicted octanol–water partition coefficient (Wildman–Crippen LogP) is 4.98. The topological polar surface area (TPSA) is 39.1 Å². The van der Waals surface area contributed by atoms with E-state index in [2.05, 4.69) is 34.4 Å². The first-order valence-electron chi connectivity index (χ1n) is 8.09. The summed E-state index contributed by atoms with van der Waals surface area (Å²) in [6.07, 6.45) is 0. The van der Waals surface area contributed by atoms with E-state index in [1.165, 1.54) is 3.97 Å². The smallest absolute Gasteiger partial charge is 0.236 e. The van der Waals surface area contributed by atoms with Crippen LogP contribution in [0.5, 0.6) is 0 Å². The Morgan fingerprint density at radius 1 is 0.962 bits per heavy atom. The Kier molecular flexibility index (Phi) is 5.26. The number of hydrogen-bond acceptors (Lipinski definition) is 2. The van der Waals surface area contributed by atoms with E-state index < -0.39 is 10.0 Å². The summed E-state index contributed by atoms with van der Waals surface area (Å²) in [7, 11) is -3.74. The maximum atomic E-state index is 13.4. The van der Waals surface area contributed by atoms with Gasteiger partial charge >= 0.3 is 0 Å². The van der Waals surface area contributed by atoms with Gasteiger partial charge in [0.25, 0.3) is 10.0 Å². The van der Waals surface area contributed by atoms with Crippen LogP contribution >= 0.6 is 22.6 Å². The first-order chi connectivity index (χ1) is 12.4. The number of aromatic nitrogens is 1. The molecule has 0 aliphatic heterocycles. The minimum atomic E-state index is -3.74. The van der Waals surface area contributed by atoms with E-state index in [1.54, 1.807) is 26.0 Å². The summed E-state index contributed by atoms with van der Waals surface area (Å²) in [6, 6.07) is 16.5. The lowest BCUT2D eigenvalue weighted by molar-refractivity contribution is 0.587. The maximum Gasteiger partial charge on any atom is 0.268 e. The van der Waals surface area contributed by atoms with Crippen molar-refractivity contribution in [1.82, 2.24) is 3.97 Å². The SMILES string of the molecule is CC#Cc1c(I)c(-c2ccccc2)n(S(=O)(=O)c2ccc(C)cc2)c1C. The van der Waals surface area contributed by atoms with Crippen LogP contribution < -0.4 is 0 Å². The van der Waals surface area contributed by atoms with Gasteiger partial charge in [0, 0.05) is 11.3 Å². The second-order valence-electron chi connectivity index (χ2n) is 5.95. The number of nitrogens with zero attached hydrogens (tertiary/aromatic N) is 1. The highest BCUT2D eigenvalue weighted by Crippen LogP contribution is 2.35. The first kappa shape index (κ1) is 18.7. The van der Waals surface area contributed by atoms with Crippen LogP contribution in [-0.4, -0.2) is 12.4 Å². The normalized spacial score (nSPS) is 11.1. The monoisotopic (exact) mass is 475 g/mol. The van der Waals surface area contributed by atoms with Crippen molar-refractivity contribution in [3.8, 4) is 23.1 Å². The Balaban J connectivity index is 2.38. The molecule has 0 saturated carbocycles. The Labute approximate surface area is 168 Å². The molecule has 1 heterocycles. The van der Waals surface area contributed by atoms with Gasteiger partial charge in [0.2, 0.25) is 0 Å². The number of benzene rings is 2. The van der Waals surface area contributed by atoms with Crippen LogP contribution in [0, 0.1) is 29.3 Å². The van der Waals surface area contributed by atoms with Crippen LogP contribution in [0.4, 0.5) is 0 Å². The number of aryl methyl sites for hydroxylation is 1. The summed E-state index contributed by atoms with van der Waals surface area (Å²) < 4.78 is 29.2. The van der Waals surface area contributed by atoms with Crippen molar-refractivity contribution in [2.75, 3.05) is 0 Å². The lowest BCUT2D eigenvalue weighted by Crippen LogP contribution is -2.16. The lowest BCUT2D eigenvalue weighted by atomic mass is 10.1. The molecule has 0 aliphatic rings. The van der Waals surface area contributed by atoms with Gasteiger partial charge in [-0.3, -0.25) is 0 Å². The summed E-state index contributed by atoms with van der Waals surface area (Å²) in [5.41, 5.74) is 3.90. The average Bonchev–Trinajstić information content (AvgIpc) is 2.88. The Hall–Kier alpha value is -2.04. The van der Waals surface area contributed by atoms with Crippen molar-refractivity contribution < 1.29 is 8.42 Å². The van der Waals surface area contributed by atoms with Gasteiger partial charge in [0.15, 0.2) is 0 Å². The van der Waals surface area contributed by atoms with Crippen LogP contribution in [0.3, 0.4) is 0 Å². The zero-order valence-electron chi connectivity index (χ0n) is 14.7. The van der Waals surface area contributed by atoms with Crippen LogP contribution in [0.2, 0.25) is 0 Å². The van der Waals surface area contributed by atoms with Crippen molar-refractivity contribution in [2.45, 2.75) is 25.7 Å². The Bertz CT molecular complexity index is 1120. The molecule has 0 saturated heterocycles. The molecule has 0 bridgehead atoms. The molecular weight excluding hydrogens is 457 g/mol. The average molecular weight is 475 g/mol. The summed E-state index contributed by atoms with van der Waals surface area (Å²) >= 11 is 2.19. The van der Waals surface area contributed by atoms with Gasteiger partial charge in [-0.2, -0.15) is 0 Å². The van der Waals surface area contributed by atoms with Gasteiger partial charge in [-0.1, -0.05) is 53.9 Å². The van der Waals surface area contributed by atoms with Gasteiger partial charge in [-0.05, 0) is 55.5 Å². The molecule has 0 spiro atoms. The fourth-order valence-corrected chi connectivity index (χ4v) is 5.68. The van der Waals surface area contributed by atoms with Crippen LogP contribution in [0.25, 0.3) is 11.3 Å². The fourth-order valence-electron chi connectivity index (χ4n) is 2.86. The van der Waals surface area contributed by atoms with E-state index in [0.717, 1.165) is 20.3 Å². The van der Waals surface area contributed by atoms with Crippen LogP contribution in [0.15, 0.2) is 59.5 Å². The van der Waals surface area contributed by atoms with Crippen LogP contribution in [0.1, 0.15) is 23.7 Å². The highest BCUT2D eigenvalue weighted by Gasteiger charge is 2.28. The number of hydrogen-bond donors (Lipinski definition) is 0. The van der Waals surface area contributed by atoms with Crippen LogP contribution in [-0.2, 0) is 10.0 Å². The van der Waals surface area contributed by atoms with Crippen molar-refractivity contribution in [1.29, 1.82) is 0 Å². The molecule has 0 amide bonds. The van der Waals surface area contributed by atoms with E-state index in [9.17, 15) is 8.42 Å². The Morgan fingerprint density at radius 3 is 2.15 bits per heavy atom. The molecule has 2 aromatic carbocycles. The molecule has 3 nitrogen and oxygen atoms in total. The van der Waals surface area contributed by atoms with Crippen molar-refractivity contribution in [2.24, 2.45) is 0 Å². The van der Waals surface area contributed by atoms with E-state index in [1.807, 2.05) is 49.4 Å². The largest absolute Gasteiger partial charge is 0.268 e. The molecule has 0 fully saturated rings. The second-order valence-corrected chi connectivity index (χ2v) is 8.81. The molecule has 5 heteroatoms. The molecule has 26 heavy (non-hydrogen) atoms. The minimum Gasteiger partial charge on any atom is -0.236 e. The van der Waals surface area contributed by atoms with Crippen molar-refractivity contribution in [3.05, 3.63) is 75.0 Å². The highest BCUT2D eigenvalue weighted by atomic mass is 127. The first-order valence-corrected chi connectivity index (χ1v) is 10.6. The van der Waals surface area contributed by atoms with Gasteiger partial charge in [-0.25, -0.2) is 12.4 Å². The molecule has 0 aliphatic carbocycles. The fraction of sp³-hybridized carbons (Fsp3) is 0.143. The summed E-state index contributed by atoms with van der Waals surface area (Å²) in [6.45, 7) is 5.49. The molecule has 0 radical (unpaired) electrons. The van der Waals surface area contributed by atoms with Gasteiger partial charge in [0.05, 0.1) is 19.7 Å². The molecule has 3 rings (SSSR count). The number of halogens is 1. The zero-order valence-corrected chi connectivity index (χ0v) is 17.7. The van der Waals surface area contributed by atoms with Crippen molar-refractivity contribution in [3.63, 3.8) is 0 Å². The highest BCUT2D eigenvalue weighted by molar-refractivity contribution is 14.1. The van der Waals surface area contributed by atoms with Gasteiger partial charge in [0.1, 0.15) is 0 Å². The third kappa shape index (κ3) is 3.19.